The summed E-state index contributed by atoms with van der Waals surface area (Å²) in [5.74, 6) is 0.601. The number of hydrogen-bond acceptors (Lipinski definition) is 2. The predicted octanol–water partition coefficient (Wildman–Crippen LogP) is 1.79. The Morgan fingerprint density at radius 2 is 2.25 bits per heavy atom. The van der Waals surface area contributed by atoms with Crippen LogP contribution < -0.4 is 5.73 Å². The second-order valence-corrected chi connectivity index (χ2v) is 4.88. The van der Waals surface area contributed by atoms with E-state index in [4.69, 9.17) is 10.5 Å². The van der Waals surface area contributed by atoms with Crippen molar-refractivity contribution in [3.8, 4) is 0 Å². The number of ether oxygens (including phenoxy) is 1. The highest BCUT2D eigenvalue weighted by atomic mass is 16.5. The van der Waals surface area contributed by atoms with Gasteiger partial charge in [-0.2, -0.15) is 0 Å². The van der Waals surface area contributed by atoms with Gasteiger partial charge in [-0.25, -0.2) is 0 Å². The van der Waals surface area contributed by atoms with Crippen molar-refractivity contribution in [1.82, 2.24) is 0 Å². The number of nitrogens with two attached hydrogens (primary N) is 1. The summed E-state index contributed by atoms with van der Waals surface area (Å²) in [6.07, 6.45) is 2.77. The van der Waals surface area contributed by atoms with Gasteiger partial charge in [0, 0.05) is 0 Å². The van der Waals surface area contributed by atoms with Gasteiger partial charge in [-0.3, -0.25) is 0 Å². The third-order valence-corrected chi connectivity index (χ3v) is 2.56. The van der Waals surface area contributed by atoms with Crippen molar-refractivity contribution >= 4 is 0 Å². The van der Waals surface area contributed by atoms with E-state index in [1.165, 1.54) is 6.42 Å². The third-order valence-electron chi connectivity index (χ3n) is 2.56. The van der Waals surface area contributed by atoms with E-state index in [1.54, 1.807) is 0 Å². The third kappa shape index (κ3) is 2.76. The molecule has 1 saturated heterocycles. The Hall–Kier alpha value is -0.0800. The quantitative estimate of drug-likeness (QED) is 0.702. The Balaban J connectivity index is 2.28. The lowest BCUT2D eigenvalue weighted by atomic mass is 9.88. The van der Waals surface area contributed by atoms with Crippen molar-refractivity contribution in [3.05, 3.63) is 0 Å². The molecule has 0 aromatic heterocycles. The highest BCUT2D eigenvalue weighted by Gasteiger charge is 2.32. The van der Waals surface area contributed by atoms with E-state index >= 15 is 0 Å². The molecule has 0 aromatic rings. The summed E-state index contributed by atoms with van der Waals surface area (Å²) >= 11 is 0. The Labute approximate surface area is 75.5 Å². The van der Waals surface area contributed by atoms with Gasteiger partial charge in [-0.1, -0.05) is 20.8 Å². The molecule has 0 aromatic carbocycles. The van der Waals surface area contributed by atoms with Crippen LogP contribution in [0.1, 0.15) is 33.6 Å². The van der Waals surface area contributed by atoms with Crippen molar-refractivity contribution < 1.29 is 4.74 Å². The van der Waals surface area contributed by atoms with E-state index in [0.717, 1.165) is 19.6 Å². The maximum absolute atomic E-state index is 5.69. The molecule has 1 rings (SSSR count). The van der Waals surface area contributed by atoms with Crippen LogP contribution in [0.4, 0.5) is 0 Å². The van der Waals surface area contributed by atoms with Gasteiger partial charge in [-0.15, -0.1) is 0 Å². The predicted molar refractivity (Wildman–Crippen MR) is 51.0 cm³/mol. The molecule has 0 amide bonds. The fourth-order valence-electron chi connectivity index (χ4n) is 1.77. The first-order valence-electron chi connectivity index (χ1n) is 4.85. The maximum Gasteiger partial charge on any atom is 0.0584 e. The molecule has 0 aliphatic carbocycles. The summed E-state index contributed by atoms with van der Waals surface area (Å²) < 4.78 is 5.69. The van der Waals surface area contributed by atoms with Crippen LogP contribution in [0.15, 0.2) is 0 Å². The van der Waals surface area contributed by atoms with Gasteiger partial charge in [-0.05, 0) is 30.7 Å². The minimum atomic E-state index is 0.388. The highest BCUT2D eigenvalue weighted by Crippen LogP contribution is 2.33. The summed E-state index contributed by atoms with van der Waals surface area (Å²) in [6.45, 7) is 8.41. The monoisotopic (exact) mass is 171 g/mol. The van der Waals surface area contributed by atoms with Crippen molar-refractivity contribution in [1.29, 1.82) is 0 Å². The lowest BCUT2D eigenvalue weighted by molar-refractivity contribution is 0.0842. The van der Waals surface area contributed by atoms with Gasteiger partial charge in [0.15, 0.2) is 0 Å². The lowest BCUT2D eigenvalue weighted by Gasteiger charge is -2.16. The average Bonchev–Trinajstić information content (AvgIpc) is 2.30. The van der Waals surface area contributed by atoms with Crippen molar-refractivity contribution in [2.75, 3.05) is 13.2 Å². The van der Waals surface area contributed by atoms with E-state index in [9.17, 15) is 0 Å². The molecule has 1 unspecified atom stereocenters. The standard InChI is InChI=1S/C10H21NO/c1-8(6-11)4-9-5-10(2,3)7-12-9/h8-9H,4-7,11H2,1-3H3/t8-,9?/m1/s1. The Kier molecular flexibility index (Phi) is 3.13. The zero-order chi connectivity index (χ0) is 9.19. The Bertz CT molecular complexity index is 145. The van der Waals surface area contributed by atoms with Crippen molar-refractivity contribution in [2.24, 2.45) is 17.1 Å². The van der Waals surface area contributed by atoms with Crippen LogP contribution >= 0.6 is 0 Å². The molecule has 2 N–H and O–H groups in total. The maximum atomic E-state index is 5.69. The van der Waals surface area contributed by atoms with Gasteiger partial charge >= 0.3 is 0 Å². The van der Waals surface area contributed by atoms with Crippen LogP contribution in [-0.2, 0) is 4.74 Å². The highest BCUT2D eigenvalue weighted by molar-refractivity contribution is 4.81. The van der Waals surface area contributed by atoms with Crippen LogP contribution in [0.2, 0.25) is 0 Å². The SMILES string of the molecule is C[C@@H](CN)CC1CC(C)(C)CO1. The Morgan fingerprint density at radius 3 is 2.67 bits per heavy atom. The van der Waals surface area contributed by atoms with E-state index in [0.29, 0.717) is 17.4 Å². The zero-order valence-corrected chi connectivity index (χ0v) is 8.47. The summed E-state index contributed by atoms with van der Waals surface area (Å²) in [5.41, 5.74) is 5.95. The smallest absolute Gasteiger partial charge is 0.0584 e. The van der Waals surface area contributed by atoms with Gasteiger partial charge in [0.1, 0.15) is 0 Å². The average molecular weight is 171 g/mol. The fourth-order valence-corrected chi connectivity index (χ4v) is 1.77. The van der Waals surface area contributed by atoms with Crippen LogP contribution in [0.5, 0.6) is 0 Å². The van der Waals surface area contributed by atoms with E-state index < -0.39 is 0 Å². The summed E-state index contributed by atoms with van der Waals surface area (Å²) in [6, 6.07) is 0. The lowest BCUT2D eigenvalue weighted by Crippen LogP contribution is -2.18. The molecule has 0 saturated carbocycles. The molecule has 72 valence electrons. The second-order valence-electron chi connectivity index (χ2n) is 4.88. The minimum absolute atomic E-state index is 0.388. The molecule has 1 heterocycles. The van der Waals surface area contributed by atoms with Crippen LogP contribution in [-0.4, -0.2) is 19.3 Å². The largest absolute Gasteiger partial charge is 0.378 e. The molecule has 0 spiro atoms. The van der Waals surface area contributed by atoms with Crippen molar-refractivity contribution in [3.63, 3.8) is 0 Å². The molecule has 0 bridgehead atoms. The second kappa shape index (κ2) is 3.75. The molecular weight excluding hydrogens is 150 g/mol. The first-order valence-corrected chi connectivity index (χ1v) is 4.85. The molecule has 12 heavy (non-hydrogen) atoms. The summed E-state index contributed by atoms with van der Waals surface area (Å²) in [4.78, 5) is 0. The summed E-state index contributed by atoms with van der Waals surface area (Å²) in [5, 5.41) is 0. The van der Waals surface area contributed by atoms with E-state index in [-0.39, 0.29) is 0 Å². The molecule has 1 aliphatic rings. The molecule has 2 nitrogen and oxygen atoms in total. The van der Waals surface area contributed by atoms with Gasteiger partial charge in [0.2, 0.25) is 0 Å². The van der Waals surface area contributed by atoms with Gasteiger partial charge < -0.3 is 10.5 Å². The topological polar surface area (TPSA) is 35.2 Å². The first-order chi connectivity index (χ1) is 5.53. The molecule has 0 radical (unpaired) electrons. The number of rotatable bonds is 3. The summed E-state index contributed by atoms with van der Waals surface area (Å²) in [7, 11) is 0. The van der Waals surface area contributed by atoms with Gasteiger partial charge in [0.25, 0.3) is 0 Å². The van der Waals surface area contributed by atoms with Crippen LogP contribution in [0, 0.1) is 11.3 Å². The molecule has 2 heteroatoms. The normalized spacial score (nSPS) is 30.5. The molecule has 1 aliphatic heterocycles. The van der Waals surface area contributed by atoms with Gasteiger partial charge in [0.05, 0.1) is 12.7 Å². The van der Waals surface area contributed by atoms with Crippen LogP contribution in [0.3, 0.4) is 0 Å². The van der Waals surface area contributed by atoms with E-state index in [2.05, 4.69) is 20.8 Å². The fraction of sp³-hybridized carbons (Fsp3) is 1.00. The Morgan fingerprint density at radius 1 is 1.58 bits per heavy atom. The van der Waals surface area contributed by atoms with Crippen LogP contribution in [0.25, 0.3) is 0 Å². The molecular formula is C10H21NO. The zero-order valence-electron chi connectivity index (χ0n) is 8.47. The number of hydrogen-bond donors (Lipinski definition) is 1. The van der Waals surface area contributed by atoms with Crippen molar-refractivity contribution in [2.45, 2.75) is 39.7 Å². The molecule has 1 fully saturated rings. The minimum Gasteiger partial charge on any atom is -0.378 e. The van der Waals surface area contributed by atoms with E-state index in [1.807, 2.05) is 0 Å². The molecule has 2 atom stereocenters. The first kappa shape index (κ1) is 10.0.